The Bertz CT molecular complexity index is 1220. The minimum Gasteiger partial charge on any atom is -0.386 e. The monoisotopic (exact) mass is 489 g/mol. The van der Waals surface area contributed by atoms with Crippen molar-refractivity contribution < 1.29 is 35.2 Å². The number of nitrogens with zero attached hydrogens (tertiary/aromatic N) is 2. The van der Waals surface area contributed by atoms with Gasteiger partial charge in [-0.3, -0.25) is 0 Å². The van der Waals surface area contributed by atoms with E-state index in [1.54, 1.807) is 0 Å². The number of oxime groups is 1. The van der Waals surface area contributed by atoms with Gasteiger partial charge in [-0.05, 0) is 25.1 Å². The average molecular weight is 489 g/mol. The van der Waals surface area contributed by atoms with Gasteiger partial charge in [0.15, 0.2) is 6.10 Å². The Morgan fingerprint density at radius 1 is 1.15 bits per heavy atom. The lowest BCUT2D eigenvalue weighted by molar-refractivity contribution is 0.0831. The van der Waals surface area contributed by atoms with Crippen molar-refractivity contribution in [1.82, 2.24) is 9.62 Å². The van der Waals surface area contributed by atoms with Gasteiger partial charge in [0.05, 0.1) is 30.8 Å². The molecule has 0 saturated carbocycles. The van der Waals surface area contributed by atoms with E-state index in [0.29, 0.717) is 6.07 Å². The SMILES string of the molecule is C[C@@]1(F)CN(C2=NO[C@H](c3c(F)cc(F)cc3-c3c(F)cccc3F)C2)C[C@@H]1NS(C)(=O)=O. The topological polar surface area (TPSA) is 71.0 Å². The van der Waals surface area contributed by atoms with Gasteiger partial charge >= 0.3 is 0 Å². The van der Waals surface area contributed by atoms with Crippen molar-refractivity contribution in [3.05, 3.63) is 59.2 Å². The standard InChI is InChI=1S/C21H20F5N3O3S/c1-21(26)10-29(9-17(21)28-33(2,30)31)18-8-16(32-27-18)20-12(6-11(22)7-15(20)25)19-13(23)4-3-5-14(19)24/h3-7,16-17,28H,8-10H2,1-2H3/t16-,17-,21+/m0/s1. The van der Waals surface area contributed by atoms with Crippen LogP contribution in [0, 0.1) is 23.3 Å². The van der Waals surface area contributed by atoms with Crippen molar-refractivity contribution in [3.63, 3.8) is 0 Å². The van der Waals surface area contributed by atoms with Gasteiger partial charge in [0.25, 0.3) is 0 Å². The second kappa shape index (κ2) is 8.24. The summed E-state index contributed by atoms with van der Waals surface area (Å²) in [7, 11) is -3.68. The molecule has 33 heavy (non-hydrogen) atoms. The van der Waals surface area contributed by atoms with Crippen molar-refractivity contribution >= 4 is 15.9 Å². The zero-order valence-corrected chi connectivity index (χ0v) is 18.4. The highest BCUT2D eigenvalue weighted by Crippen LogP contribution is 2.40. The van der Waals surface area contributed by atoms with E-state index in [-0.39, 0.29) is 36.5 Å². The van der Waals surface area contributed by atoms with Gasteiger partial charge in [-0.15, -0.1) is 0 Å². The van der Waals surface area contributed by atoms with Crippen LogP contribution in [0.15, 0.2) is 35.5 Å². The predicted octanol–water partition coefficient (Wildman–Crippen LogP) is 3.65. The number of hydrogen-bond acceptors (Lipinski definition) is 5. The molecule has 1 fully saturated rings. The summed E-state index contributed by atoms with van der Waals surface area (Å²) in [5.74, 6) is -3.94. The lowest BCUT2D eigenvalue weighted by Gasteiger charge is -2.20. The third-order valence-corrected chi connectivity index (χ3v) is 6.37. The Labute approximate surface area is 187 Å². The summed E-state index contributed by atoms with van der Waals surface area (Å²) < 4.78 is 97.9. The molecule has 12 heteroatoms. The largest absolute Gasteiger partial charge is 0.386 e. The van der Waals surface area contributed by atoms with Gasteiger partial charge in [-0.25, -0.2) is 35.1 Å². The molecule has 0 aromatic heterocycles. The fourth-order valence-corrected chi connectivity index (χ4v) is 4.99. The summed E-state index contributed by atoms with van der Waals surface area (Å²) in [5, 5.41) is 3.87. The van der Waals surface area contributed by atoms with E-state index in [0.717, 1.165) is 30.5 Å². The molecule has 0 unspecified atom stereocenters. The van der Waals surface area contributed by atoms with Crippen LogP contribution in [0.4, 0.5) is 22.0 Å². The molecule has 2 aromatic rings. The first-order valence-electron chi connectivity index (χ1n) is 9.93. The predicted molar refractivity (Wildman–Crippen MR) is 110 cm³/mol. The van der Waals surface area contributed by atoms with Crippen LogP contribution in [0.5, 0.6) is 0 Å². The minimum absolute atomic E-state index is 0.0598. The molecule has 0 spiro atoms. The van der Waals surface area contributed by atoms with E-state index in [1.165, 1.54) is 11.8 Å². The van der Waals surface area contributed by atoms with Gasteiger partial charge in [-0.2, -0.15) is 0 Å². The molecule has 3 atom stereocenters. The van der Waals surface area contributed by atoms with Gasteiger partial charge in [-0.1, -0.05) is 11.2 Å². The molecule has 2 heterocycles. The van der Waals surface area contributed by atoms with Crippen molar-refractivity contribution in [2.75, 3.05) is 19.3 Å². The fraction of sp³-hybridized carbons (Fsp3) is 0.381. The zero-order chi connectivity index (χ0) is 24.1. The number of sulfonamides is 1. The Hall–Kier alpha value is -2.73. The molecule has 0 aliphatic carbocycles. The second-order valence-electron chi connectivity index (χ2n) is 8.35. The molecule has 1 saturated heterocycles. The molecule has 178 valence electrons. The minimum atomic E-state index is -3.68. The molecular formula is C21H20F5N3O3S. The normalized spacial score (nSPS) is 25.3. The summed E-state index contributed by atoms with van der Waals surface area (Å²) in [6.07, 6.45) is -0.353. The number of halogens is 5. The summed E-state index contributed by atoms with van der Waals surface area (Å²) in [5.41, 5.74) is -3.20. The molecule has 6 nitrogen and oxygen atoms in total. The number of rotatable bonds is 4. The number of nitrogens with one attached hydrogen (secondary N) is 1. The highest BCUT2D eigenvalue weighted by atomic mass is 32.2. The quantitative estimate of drug-likeness (QED) is 0.666. The lowest BCUT2D eigenvalue weighted by atomic mass is 9.93. The molecule has 0 bridgehead atoms. The van der Waals surface area contributed by atoms with Crippen molar-refractivity contribution in [1.29, 1.82) is 0 Å². The Kier molecular flexibility index (Phi) is 5.85. The van der Waals surface area contributed by atoms with E-state index in [4.69, 9.17) is 4.84 Å². The number of alkyl halides is 1. The van der Waals surface area contributed by atoms with Crippen LogP contribution in [-0.4, -0.2) is 50.2 Å². The van der Waals surface area contributed by atoms with Gasteiger partial charge in [0, 0.05) is 23.7 Å². The van der Waals surface area contributed by atoms with Crippen LogP contribution in [0.3, 0.4) is 0 Å². The first-order chi connectivity index (χ1) is 15.4. The third-order valence-electron chi connectivity index (χ3n) is 5.65. The fourth-order valence-electron chi connectivity index (χ4n) is 4.15. The van der Waals surface area contributed by atoms with Crippen LogP contribution >= 0.6 is 0 Å². The highest BCUT2D eigenvalue weighted by Gasteiger charge is 2.47. The van der Waals surface area contributed by atoms with Crippen LogP contribution in [0.25, 0.3) is 11.1 Å². The van der Waals surface area contributed by atoms with Crippen LogP contribution in [0.1, 0.15) is 25.0 Å². The maximum atomic E-state index is 15.0. The lowest BCUT2D eigenvalue weighted by Crippen LogP contribution is -2.47. The Morgan fingerprint density at radius 3 is 2.45 bits per heavy atom. The number of amidine groups is 1. The second-order valence-corrected chi connectivity index (χ2v) is 10.1. The molecule has 2 aromatic carbocycles. The van der Waals surface area contributed by atoms with Gasteiger partial charge < -0.3 is 9.74 Å². The molecule has 4 rings (SSSR count). The van der Waals surface area contributed by atoms with Gasteiger partial charge in [0.2, 0.25) is 10.0 Å². The average Bonchev–Trinajstić information content (AvgIpc) is 3.25. The van der Waals surface area contributed by atoms with E-state index < -0.39 is 56.7 Å². The highest BCUT2D eigenvalue weighted by molar-refractivity contribution is 7.88. The first kappa shape index (κ1) is 23.4. The molecule has 2 aliphatic heterocycles. The molecule has 2 aliphatic rings. The third kappa shape index (κ3) is 4.67. The summed E-state index contributed by atoms with van der Waals surface area (Å²) in [4.78, 5) is 6.76. The van der Waals surface area contributed by atoms with Crippen LogP contribution in [-0.2, 0) is 14.9 Å². The van der Waals surface area contributed by atoms with Crippen LogP contribution in [0.2, 0.25) is 0 Å². The van der Waals surface area contributed by atoms with E-state index in [2.05, 4.69) is 9.88 Å². The summed E-state index contributed by atoms with van der Waals surface area (Å²) >= 11 is 0. The maximum absolute atomic E-state index is 15.0. The van der Waals surface area contributed by atoms with E-state index in [1.807, 2.05) is 0 Å². The Balaban J connectivity index is 1.63. The van der Waals surface area contributed by atoms with Crippen LogP contribution < -0.4 is 4.72 Å². The molecule has 0 amide bonds. The smallest absolute Gasteiger partial charge is 0.209 e. The van der Waals surface area contributed by atoms with Gasteiger partial charge in [0.1, 0.15) is 34.8 Å². The number of likely N-dealkylation sites (tertiary alicyclic amines) is 1. The summed E-state index contributed by atoms with van der Waals surface area (Å²) in [6, 6.07) is 3.37. The molecule has 0 radical (unpaired) electrons. The first-order valence-corrected chi connectivity index (χ1v) is 11.8. The molecule has 1 N–H and O–H groups in total. The van der Waals surface area contributed by atoms with Crippen molar-refractivity contribution in [2.45, 2.75) is 31.2 Å². The summed E-state index contributed by atoms with van der Waals surface area (Å²) in [6.45, 7) is 0.966. The Morgan fingerprint density at radius 2 is 1.82 bits per heavy atom. The van der Waals surface area contributed by atoms with E-state index in [9.17, 15) is 30.4 Å². The van der Waals surface area contributed by atoms with Crippen molar-refractivity contribution in [2.24, 2.45) is 5.16 Å². The van der Waals surface area contributed by atoms with Crippen molar-refractivity contribution in [3.8, 4) is 11.1 Å². The zero-order valence-electron chi connectivity index (χ0n) is 17.6. The maximum Gasteiger partial charge on any atom is 0.209 e. The number of benzene rings is 2. The number of hydrogen-bond donors (Lipinski definition) is 1. The molecular weight excluding hydrogens is 469 g/mol. The van der Waals surface area contributed by atoms with E-state index >= 15 is 0 Å².